The van der Waals surface area contributed by atoms with Crippen molar-refractivity contribution < 1.29 is 22.5 Å². The summed E-state index contributed by atoms with van der Waals surface area (Å²) in [6.45, 7) is 3.46. The second-order valence-electron chi connectivity index (χ2n) is 6.35. The summed E-state index contributed by atoms with van der Waals surface area (Å²) < 4.78 is 37.5. The molecule has 0 aliphatic carbocycles. The van der Waals surface area contributed by atoms with Gasteiger partial charge in [-0.25, -0.2) is 8.42 Å². The van der Waals surface area contributed by atoms with Crippen molar-refractivity contribution in [2.45, 2.75) is 31.6 Å². The zero-order valence-electron chi connectivity index (χ0n) is 14.7. The van der Waals surface area contributed by atoms with Crippen LogP contribution in [0.3, 0.4) is 0 Å². The zero-order chi connectivity index (χ0) is 19.8. The fourth-order valence-electron chi connectivity index (χ4n) is 3.07. The van der Waals surface area contributed by atoms with Gasteiger partial charge < -0.3 is 9.26 Å². The van der Waals surface area contributed by atoms with Crippen LogP contribution < -0.4 is 4.74 Å². The molecule has 27 heavy (non-hydrogen) atoms. The molecular weight excluding hydrogens is 415 g/mol. The van der Waals surface area contributed by atoms with E-state index in [0.29, 0.717) is 30.1 Å². The first-order valence-electron chi connectivity index (χ1n) is 8.30. The molecule has 1 unspecified atom stereocenters. The number of hydrogen-bond acceptors (Lipinski definition) is 6. The highest BCUT2D eigenvalue weighted by Gasteiger charge is 2.37. The van der Waals surface area contributed by atoms with Crippen molar-refractivity contribution in [3.05, 3.63) is 39.7 Å². The van der Waals surface area contributed by atoms with Gasteiger partial charge in [0.15, 0.2) is 5.76 Å². The lowest BCUT2D eigenvalue weighted by Gasteiger charge is -2.30. The van der Waals surface area contributed by atoms with Gasteiger partial charge in [-0.3, -0.25) is 4.79 Å². The highest BCUT2D eigenvalue weighted by atomic mass is 35.5. The molecule has 1 aliphatic heterocycles. The van der Waals surface area contributed by atoms with E-state index in [0.717, 1.165) is 0 Å². The van der Waals surface area contributed by atoms with E-state index in [1.54, 1.807) is 19.9 Å². The predicted molar refractivity (Wildman–Crippen MR) is 99.6 cm³/mol. The smallest absolute Gasteiger partial charge is 0.315 e. The number of rotatable bonds is 4. The molecule has 146 valence electrons. The molecule has 1 aromatic heterocycles. The molecule has 0 bridgehead atoms. The largest absolute Gasteiger partial charge is 0.425 e. The number of nitrogens with zero attached hydrogens (tertiary/aromatic N) is 2. The van der Waals surface area contributed by atoms with Crippen LogP contribution in [0.2, 0.25) is 10.0 Å². The Morgan fingerprint density at radius 1 is 1.33 bits per heavy atom. The van der Waals surface area contributed by atoms with E-state index < -0.39 is 21.9 Å². The number of piperidine rings is 1. The van der Waals surface area contributed by atoms with Crippen LogP contribution in [0.4, 0.5) is 0 Å². The Morgan fingerprint density at radius 3 is 2.70 bits per heavy atom. The fourth-order valence-corrected chi connectivity index (χ4v) is 5.34. The second kappa shape index (κ2) is 7.79. The number of aryl methyl sites for hydroxylation is 2. The summed E-state index contributed by atoms with van der Waals surface area (Å²) in [5, 5.41) is 4.35. The molecule has 0 spiro atoms. The Balaban J connectivity index is 1.76. The Hall–Kier alpha value is -1.61. The van der Waals surface area contributed by atoms with Crippen LogP contribution in [-0.2, 0) is 14.8 Å². The lowest BCUT2D eigenvalue weighted by atomic mass is 10.00. The van der Waals surface area contributed by atoms with E-state index in [-0.39, 0.29) is 28.0 Å². The van der Waals surface area contributed by atoms with E-state index in [1.807, 2.05) is 0 Å². The number of ether oxygens (including phenoxy) is 1. The summed E-state index contributed by atoms with van der Waals surface area (Å²) in [4.78, 5) is 12.6. The minimum atomic E-state index is -3.81. The van der Waals surface area contributed by atoms with E-state index in [9.17, 15) is 13.2 Å². The molecule has 1 atom stereocenters. The minimum Gasteiger partial charge on any atom is -0.425 e. The normalized spacial score (nSPS) is 18.4. The molecule has 1 aromatic carbocycles. The van der Waals surface area contributed by atoms with E-state index >= 15 is 0 Å². The summed E-state index contributed by atoms with van der Waals surface area (Å²) in [6, 6.07) is 4.54. The molecule has 2 aromatic rings. The van der Waals surface area contributed by atoms with Crippen molar-refractivity contribution in [3.63, 3.8) is 0 Å². The topological polar surface area (TPSA) is 89.7 Å². The number of hydrogen-bond donors (Lipinski definition) is 0. The molecule has 10 heteroatoms. The fraction of sp³-hybridized carbons (Fsp3) is 0.412. The predicted octanol–water partition coefficient (Wildman–Crippen LogP) is 3.60. The third-order valence-corrected chi connectivity index (χ3v) is 7.03. The Morgan fingerprint density at radius 2 is 2.07 bits per heavy atom. The maximum atomic E-state index is 12.9. The molecule has 0 saturated carbocycles. The first-order chi connectivity index (χ1) is 12.7. The van der Waals surface area contributed by atoms with Crippen molar-refractivity contribution >= 4 is 39.2 Å². The third-order valence-electron chi connectivity index (χ3n) is 4.39. The number of sulfonamides is 1. The van der Waals surface area contributed by atoms with E-state index in [1.165, 1.54) is 16.4 Å². The second-order valence-corrected chi connectivity index (χ2v) is 9.07. The van der Waals surface area contributed by atoms with Crippen molar-refractivity contribution in [2.24, 2.45) is 5.92 Å². The standard InChI is InChI=1S/C17H18Cl2N2O5S/c1-10-16(11(2)26-20-10)27(23,24)21-7-3-4-12(9-21)17(22)25-15-6-5-13(18)8-14(15)19/h5-6,8,12H,3-4,7,9H2,1-2H3. The molecule has 7 nitrogen and oxygen atoms in total. The molecule has 1 fully saturated rings. The monoisotopic (exact) mass is 432 g/mol. The number of aromatic nitrogens is 1. The quantitative estimate of drug-likeness (QED) is 0.541. The summed E-state index contributed by atoms with van der Waals surface area (Å²) in [5.41, 5.74) is 0.296. The molecule has 1 aliphatic rings. The van der Waals surface area contributed by atoms with Crippen molar-refractivity contribution in [3.8, 4) is 5.75 Å². The van der Waals surface area contributed by atoms with Crippen molar-refractivity contribution in [1.29, 1.82) is 0 Å². The average Bonchev–Trinajstić information content (AvgIpc) is 2.96. The number of benzene rings is 1. The van der Waals surface area contributed by atoms with Gasteiger partial charge in [0, 0.05) is 18.1 Å². The number of esters is 1. The third kappa shape index (κ3) is 4.13. The molecular formula is C17H18Cl2N2O5S. The highest BCUT2D eigenvalue weighted by Crippen LogP contribution is 2.31. The minimum absolute atomic E-state index is 0.0242. The van der Waals surface area contributed by atoms with E-state index in [2.05, 4.69) is 5.16 Å². The summed E-state index contributed by atoms with van der Waals surface area (Å²) >= 11 is 11.9. The van der Waals surface area contributed by atoms with Gasteiger partial charge in [-0.15, -0.1) is 0 Å². The molecule has 3 rings (SSSR count). The van der Waals surface area contributed by atoms with Crippen LogP contribution in [0.15, 0.2) is 27.6 Å². The SMILES string of the molecule is Cc1noc(C)c1S(=O)(=O)N1CCCC(C(=O)Oc2ccc(Cl)cc2Cl)C1. The van der Waals surface area contributed by atoms with Crippen LogP contribution in [0.25, 0.3) is 0 Å². The van der Waals surface area contributed by atoms with E-state index in [4.69, 9.17) is 32.5 Å². The molecule has 0 radical (unpaired) electrons. The summed E-state index contributed by atoms with van der Waals surface area (Å²) in [6.07, 6.45) is 1.06. The Kier molecular flexibility index (Phi) is 5.81. The van der Waals surface area contributed by atoms with Crippen molar-refractivity contribution in [2.75, 3.05) is 13.1 Å². The highest BCUT2D eigenvalue weighted by molar-refractivity contribution is 7.89. The zero-order valence-corrected chi connectivity index (χ0v) is 17.1. The van der Waals surface area contributed by atoms with Gasteiger partial charge in [0.05, 0.1) is 10.9 Å². The van der Waals surface area contributed by atoms with Gasteiger partial charge in [-0.1, -0.05) is 28.4 Å². The summed E-state index contributed by atoms with van der Waals surface area (Å²) in [7, 11) is -3.81. The van der Waals surface area contributed by atoms with Gasteiger partial charge in [0.2, 0.25) is 10.0 Å². The first-order valence-corrected chi connectivity index (χ1v) is 10.5. The molecule has 2 heterocycles. The number of carbonyl (C=O) groups is 1. The van der Waals surface area contributed by atoms with Gasteiger partial charge in [0.1, 0.15) is 16.3 Å². The van der Waals surface area contributed by atoms with Gasteiger partial charge >= 0.3 is 5.97 Å². The molecule has 0 amide bonds. The maximum absolute atomic E-state index is 12.9. The van der Waals surface area contributed by atoms with Crippen LogP contribution in [0.5, 0.6) is 5.75 Å². The lowest BCUT2D eigenvalue weighted by molar-refractivity contribution is -0.140. The van der Waals surface area contributed by atoms with Crippen LogP contribution >= 0.6 is 23.2 Å². The molecule has 1 saturated heterocycles. The Labute approximate surface area is 167 Å². The van der Waals surface area contributed by atoms with Gasteiger partial charge in [-0.2, -0.15) is 4.31 Å². The maximum Gasteiger partial charge on any atom is 0.315 e. The van der Waals surface area contributed by atoms with Gasteiger partial charge in [0.25, 0.3) is 0 Å². The van der Waals surface area contributed by atoms with Crippen molar-refractivity contribution in [1.82, 2.24) is 9.46 Å². The van der Waals surface area contributed by atoms with Gasteiger partial charge in [-0.05, 0) is 44.9 Å². The average molecular weight is 433 g/mol. The van der Waals surface area contributed by atoms with Crippen LogP contribution in [-0.4, -0.2) is 36.9 Å². The molecule has 0 N–H and O–H groups in total. The summed E-state index contributed by atoms with van der Waals surface area (Å²) in [5.74, 6) is -0.708. The Bertz CT molecular complexity index is 954. The van der Waals surface area contributed by atoms with Crippen LogP contribution in [0.1, 0.15) is 24.3 Å². The number of carbonyl (C=O) groups excluding carboxylic acids is 1. The van der Waals surface area contributed by atoms with Crippen LogP contribution in [0, 0.1) is 19.8 Å². The lowest BCUT2D eigenvalue weighted by Crippen LogP contribution is -2.43. The number of halogens is 2. The first kappa shape index (κ1) is 20.1.